The molecule has 4 aromatic rings. The van der Waals surface area contributed by atoms with Crippen LogP contribution in [0.1, 0.15) is 31.2 Å². The van der Waals surface area contributed by atoms with Crippen LogP contribution in [-0.4, -0.2) is 81.3 Å². The van der Waals surface area contributed by atoms with Crippen molar-refractivity contribution in [1.29, 1.82) is 0 Å². The van der Waals surface area contributed by atoms with E-state index in [0.717, 1.165) is 61.0 Å². The molecule has 2 aromatic carbocycles. The average Bonchev–Trinajstić information content (AvgIpc) is 3.64. The molecule has 3 heterocycles. The molecule has 13 nitrogen and oxygen atoms in total. The fourth-order valence-electron chi connectivity index (χ4n) is 6.13. The molecule has 13 heteroatoms. The molecule has 1 atom stereocenters. The van der Waals surface area contributed by atoms with Crippen LogP contribution < -0.4 is 21.3 Å². The molecule has 2 amide bonds. The summed E-state index contributed by atoms with van der Waals surface area (Å²) in [6.07, 6.45) is 7.12. The first-order valence-electron chi connectivity index (χ1n) is 15.4. The zero-order valence-electron chi connectivity index (χ0n) is 25.1. The van der Waals surface area contributed by atoms with Gasteiger partial charge in [-0.2, -0.15) is 5.21 Å². The highest BCUT2D eigenvalue weighted by Crippen LogP contribution is 2.33. The van der Waals surface area contributed by atoms with Crippen LogP contribution >= 0.6 is 0 Å². The molecule has 1 aliphatic carbocycles. The van der Waals surface area contributed by atoms with E-state index in [1.165, 1.54) is 0 Å². The van der Waals surface area contributed by atoms with Gasteiger partial charge in [0.05, 0.1) is 13.2 Å². The quantitative estimate of drug-likeness (QED) is 0.241. The van der Waals surface area contributed by atoms with Crippen LogP contribution in [-0.2, 0) is 20.7 Å². The van der Waals surface area contributed by atoms with Gasteiger partial charge in [0, 0.05) is 54.6 Å². The van der Waals surface area contributed by atoms with Gasteiger partial charge in [0.2, 0.25) is 23.6 Å². The van der Waals surface area contributed by atoms with E-state index in [-0.39, 0.29) is 18.2 Å². The first-order valence-corrected chi connectivity index (χ1v) is 15.4. The number of anilines is 2. The second-order valence-electron chi connectivity index (χ2n) is 11.6. The Hall–Kier alpha value is -4.75. The Labute approximate surface area is 261 Å². The molecule has 45 heavy (non-hydrogen) atoms. The number of amides is 2. The monoisotopic (exact) mass is 610 g/mol. The van der Waals surface area contributed by atoms with Gasteiger partial charge in [0.25, 0.3) is 0 Å². The number of ether oxygens (including phenoxy) is 1. The molecule has 0 spiro atoms. The summed E-state index contributed by atoms with van der Waals surface area (Å²) in [4.78, 5) is 40.0. The molecule has 6 rings (SSSR count). The van der Waals surface area contributed by atoms with Gasteiger partial charge in [0.1, 0.15) is 6.04 Å². The van der Waals surface area contributed by atoms with Crippen LogP contribution in [0.5, 0.6) is 0 Å². The Kier molecular flexibility index (Phi) is 9.36. The van der Waals surface area contributed by atoms with Gasteiger partial charge in [-0.15, -0.1) is 10.2 Å². The van der Waals surface area contributed by atoms with Gasteiger partial charge < -0.3 is 21.1 Å². The number of morpholine rings is 1. The van der Waals surface area contributed by atoms with E-state index in [1.54, 1.807) is 17.0 Å². The van der Waals surface area contributed by atoms with Crippen LogP contribution in [0.4, 0.5) is 11.6 Å². The lowest BCUT2D eigenvalue weighted by atomic mass is 9.81. The summed E-state index contributed by atoms with van der Waals surface area (Å²) in [5.74, 6) is 0.660. The molecule has 0 unspecified atom stereocenters. The number of tetrazole rings is 1. The SMILES string of the molecule is NCC1CCC(C(=O)N(c2ccc(-c3nn[nH]n3)cc2)[C@@H](Cc2ccc(-c3cnc(N4CCOCC4)nc3)cc2)C(N)=O)CC1. The number of nitrogens with two attached hydrogens (primary N) is 2. The smallest absolute Gasteiger partial charge is 0.240 e. The number of H-pyrrole nitrogens is 1. The molecule has 2 fully saturated rings. The minimum absolute atomic E-state index is 0.101. The number of nitrogens with zero attached hydrogens (tertiary/aromatic N) is 7. The molecule has 2 aromatic heterocycles. The first kappa shape index (κ1) is 30.3. The molecule has 1 saturated carbocycles. The molecule has 234 valence electrons. The summed E-state index contributed by atoms with van der Waals surface area (Å²) in [6, 6.07) is 14.2. The van der Waals surface area contributed by atoms with E-state index in [0.29, 0.717) is 43.1 Å². The molecule has 0 radical (unpaired) electrons. The fourth-order valence-corrected chi connectivity index (χ4v) is 6.13. The lowest BCUT2D eigenvalue weighted by molar-refractivity contribution is -0.127. The van der Waals surface area contributed by atoms with E-state index in [1.807, 2.05) is 48.8 Å². The Bertz CT molecular complexity index is 1550. The largest absolute Gasteiger partial charge is 0.378 e. The number of carbonyl (C=O) groups excluding carboxylic acids is 2. The first-order chi connectivity index (χ1) is 22.0. The van der Waals surface area contributed by atoms with Gasteiger partial charge in [-0.05, 0) is 78.8 Å². The van der Waals surface area contributed by atoms with E-state index in [9.17, 15) is 9.59 Å². The average molecular weight is 611 g/mol. The summed E-state index contributed by atoms with van der Waals surface area (Å²) >= 11 is 0. The van der Waals surface area contributed by atoms with Crippen molar-refractivity contribution in [3.8, 4) is 22.5 Å². The van der Waals surface area contributed by atoms with Crippen molar-refractivity contribution in [1.82, 2.24) is 30.6 Å². The number of aromatic nitrogens is 6. The molecule has 5 N–H and O–H groups in total. The van der Waals surface area contributed by atoms with Crippen LogP contribution in [0.2, 0.25) is 0 Å². The van der Waals surface area contributed by atoms with Crippen molar-refractivity contribution < 1.29 is 14.3 Å². The predicted octanol–water partition coefficient (Wildman–Crippen LogP) is 2.35. The number of primary amides is 1. The predicted molar refractivity (Wildman–Crippen MR) is 169 cm³/mol. The van der Waals surface area contributed by atoms with E-state index < -0.39 is 11.9 Å². The minimum atomic E-state index is -0.886. The Balaban J connectivity index is 1.23. The van der Waals surface area contributed by atoms with Crippen molar-refractivity contribution in [2.24, 2.45) is 23.3 Å². The van der Waals surface area contributed by atoms with Crippen molar-refractivity contribution >= 4 is 23.5 Å². The van der Waals surface area contributed by atoms with E-state index in [4.69, 9.17) is 16.2 Å². The number of hydrogen-bond acceptors (Lipinski definition) is 10. The second-order valence-corrected chi connectivity index (χ2v) is 11.6. The molecule has 2 aliphatic rings. The van der Waals surface area contributed by atoms with Crippen LogP contribution in [0, 0.1) is 11.8 Å². The fraction of sp³-hybridized carbons (Fsp3) is 0.406. The van der Waals surface area contributed by atoms with Crippen LogP contribution in [0.3, 0.4) is 0 Å². The maximum Gasteiger partial charge on any atom is 0.240 e. The number of aromatic amines is 1. The third-order valence-corrected chi connectivity index (χ3v) is 8.80. The topological polar surface area (TPSA) is 182 Å². The lowest BCUT2D eigenvalue weighted by Gasteiger charge is -2.35. The summed E-state index contributed by atoms with van der Waals surface area (Å²) in [6.45, 7) is 3.50. The Morgan fingerprint density at radius 3 is 2.20 bits per heavy atom. The number of nitrogens with one attached hydrogen (secondary N) is 1. The van der Waals surface area contributed by atoms with Crippen molar-refractivity contribution in [3.05, 3.63) is 66.5 Å². The summed E-state index contributed by atoms with van der Waals surface area (Å²) in [7, 11) is 0. The van der Waals surface area contributed by atoms with Gasteiger partial charge in [0.15, 0.2) is 0 Å². The standard InChI is InChI=1S/C32H38N10O3/c33-18-22-3-7-25(8-4-22)31(44)42(27-11-9-24(10-12-27)30-37-39-40-38-30)28(29(34)43)17-21-1-5-23(6-2-21)26-19-35-32(36-20-26)41-13-15-45-16-14-41/h1-2,5-6,9-12,19-20,22,25,28H,3-4,7-8,13-18,33H2,(H2,34,43)(H,37,38,39,40)/t22?,25?,28-/m0/s1. The van der Waals surface area contributed by atoms with Crippen LogP contribution in [0.25, 0.3) is 22.5 Å². The highest BCUT2D eigenvalue weighted by Gasteiger charge is 2.36. The van der Waals surface area contributed by atoms with Crippen molar-refractivity contribution in [2.75, 3.05) is 42.6 Å². The minimum Gasteiger partial charge on any atom is -0.378 e. The molecule has 0 bridgehead atoms. The molecular formula is C32H38N10O3. The number of hydrogen-bond donors (Lipinski definition) is 3. The number of rotatable bonds is 10. The van der Waals surface area contributed by atoms with Gasteiger partial charge in [-0.25, -0.2) is 9.97 Å². The number of benzene rings is 2. The van der Waals surface area contributed by atoms with Crippen molar-refractivity contribution in [2.45, 2.75) is 38.1 Å². The normalized spacial score (nSPS) is 19.2. The van der Waals surface area contributed by atoms with Crippen molar-refractivity contribution in [3.63, 3.8) is 0 Å². The summed E-state index contributed by atoms with van der Waals surface area (Å²) in [5.41, 5.74) is 16.0. The molecular weight excluding hydrogens is 572 g/mol. The summed E-state index contributed by atoms with van der Waals surface area (Å²) < 4.78 is 5.42. The van der Waals surface area contributed by atoms with Gasteiger partial charge in [-0.1, -0.05) is 24.3 Å². The third kappa shape index (κ3) is 6.99. The zero-order chi connectivity index (χ0) is 31.2. The van der Waals surface area contributed by atoms with Gasteiger partial charge >= 0.3 is 0 Å². The zero-order valence-corrected chi connectivity index (χ0v) is 25.1. The second kappa shape index (κ2) is 13.9. The highest BCUT2D eigenvalue weighted by molar-refractivity contribution is 6.01. The van der Waals surface area contributed by atoms with Crippen LogP contribution in [0.15, 0.2) is 60.9 Å². The Morgan fingerprint density at radius 1 is 0.933 bits per heavy atom. The molecule has 1 saturated heterocycles. The number of carbonyl (C=O) groups is 2. The highest BCUT2D eigenvalue weighted by atomic mass is 16.5. The van der Waals surface area contributed by atoms with Gasteiger partial charge in [-0.3, -0.25) is 14.5 Å². The third-order valence-electron chi connectivity index (χ3n) is 8.80. The maximum atomic E-state index is 14.1. The summed E-state index contributed by atoms with van der Waals surface area (Å²) in [5, 5.41) is 14.1. The molecule has 1 aliphatic heterocycles. The Morgan fingerprint density at radius 2 is 1.60 bits per heavy atom. The maximum absolute atomic E-state index is 14.1. The van der Waals surface area contributed by atoms with E-state index >= 15 is 0 Å². The van der Waals surface area contributed by atoms with E-state index in [2.05, 4.69) is 35.5 Å². The lowest BCUT2D eigenvalue weighted by Crippen LogP contribution is -2.52.